The van der Waals surface area contributed by atoms with Crippen molar-refractivity contribution in [2.24, 2.45) is 0 Å². The topological polar surface area (TPSA) is 33.2 Å². The van der Waals surface area contributed by atoms with Crippen molar-refractivity contribution in [2.75, 3.05) is 6.54 Å². The molecule has 3 nitrogen and oxygen atoms in total. The number of rotatable bonds is 5. The molecule has 0 unspecified atom stereocenters. The standard InChI is InChI=1S/C13H16BrF3N2O/c1-3-11(4-2)19(8-13(15,16)17)12(20)9-5-10(14)7-18-6-9/h5-7,11H,3-4,8H2,1-2H3. The van der Waals surface area contributed by atoms with Gasteiger partial charge in [-0.2, -0.15) is 13.2 Å². The predicted molar refractivity (Wildman–Crippen MR) is 73.4 cm³/mol. The molecule has 112 valence electrons. The Morgan fingerprint density at radius 2 is 1.95 bits per heavy atom. The fourth-order valence-corrected chi connectivity index (χ4v) is 2.35. The summed E-state index contributed by atoms with van der Waals surface area (Å²) in [5.74, 6) is -0.648. The summed E-state index contributed by atoms with van der Waals surface area (Å²) >= 11 is 3.16. The van der Waals surface area contributed by atoms with Gasteiger partial charge in [0.25, 0.3) is 5.91 Å². The fraction of sp³-hybridized carbons (Fsp3) is 0.538. The molecule has 0 saturated heterocycles. The predicted octanol–water partition coefficient (Wildman–Crippen LogP) is 4.04. The van der Waals surface area contributed by atoms with E-state index in [4.69, 9.17) is 0 Å². The first-order valence-electron chi connectivity index (χ1n) is 6.26. The highest BCUT2D eigenvalue weighted by Crippen LogP contribution is 2.23. The Kier molecular flexibility index (Phi) is 5.98. The highest BCUT2D eigenvalue weighted by molar-refractivity contribution is 9.10. The van der Waals surface area contributed by atoms with Crippen LogP contribution in [0, 0.1) is 0 Å². The molecule has 0 atom stereocenters. The lowest BCUT2D eigenvalue weighted by Crippen LogP contribution is -2.45. The van der Waals surface area contributed by atoms with E-state index in [0.29, 0.717) is 17.3 Å². The fourth-order valence-electron chi connectivity index (χ4n) is 1.98. The number of carbonyl (C=O) groups excluding carboxylic acids is 1. The molecule has 0 radical (unpaired) electrons. The zero-order valence-corrected chi connectivity index (χ0v) is 12.8. The summed E-state index contributed by atoms with van der Waals surface area (Å²) < 4.78 is 38.6. The van der Waals surface area contributed by atoms with Crippen molar-refractivity contribution in [3.63, 3.8) is 0 Å². The van der Waals surface area contributed by atoms with E-state index in [-0.39, 0.29) is 5.56 Å². The molecule has 0 aliphatic carbocycles. The Balaban J connectivity index is 3.06. The van der Waals surface area contributed by atoms with Gasteiger partial charge in [0.1, 0.15) is 6.54 Å². The monoisotopic (exact) mass is 352 g/mol. The van der Waals surface area contributed by atoms with Crippen LogP contribution in [-0.4, -0.2) is 34.6 Å². The molecule has 0 N–H and O–H groups in total. The molecule has 0 saturated carbocycles. The minimum Gasteiger partial charge on any atom is -0.327 e. The third-order valence-corrected chi connectivity index (χ3v) is 3.38. The van der Waals surface area contributed by atoms with Crippen LogP contribution >= 0.6 is 15.9 Å². The Hall–Kier alpha value is -1.11. The van der Waals surface area contributed by atoms with Crippen LogP contribution in [0.4, 0.5) is 13.2 Å². The number of alkyl halides is 3. The number of nitrogens with zero attached hydrogens (tertiary/aromatic N) is 2. The molecule has 1 aromatic rings. The largest absolute Gasteiger partial charge is 0.406 e. The number of aromatic nitrogens is 1. The number of pyridine rings is 1. The Labute approximate surface area is 124 Å². The van der Waals surface area contributed by atoms with Crippen molar-refractivity contribution in [1.29, 1.82) is 0 Å². The Morgan fingerprint density at radius 3 is 2.40 bits per heavy atom. The van der Waals surface area contributed by atoms with Crippen LogP contribution in [0.1, 0.15) is 37.0 Å². The van der Waals surface area contributed by atoms with Gasteiger partial charge in [-0.05, 0) is 34.8 Å². The van der Waals surface area contributed by atoms with Gasteiger partial charge < -0.3 is 4.90 Å². The molecule has 1 aromatic heterocycles. The third kappa shape index (κ3) is 4.77. The number of amides is 1. The molecular weight excluding hydrogens is 337 g/mol. The quantitative estimate of drug-likeness (QED) is 0.801. The molecular formula is C13H16BrF3N2O. The highest BCUT2D eigenvalue weighted by Gasteiger charge is 2.36. The van der Waals surface area contributed by atoms with Gasteiger partial charge in [0.15, 0.2) is 0 Å². The van der Waals surface area contributed by atoms with E-state index < -0.39 is 24.7 Å². The minimum atomic E-state index is -4.42. The van der Waals surface area contributed by atoms with E-state index in [1.54, 1.807) is 13.8 Å². The van der Waals surface area contributed by atoms with Crippen molar-refractivity contribution < 1.29 is 18.0 Å². The van der Waals surface area contributed by atoms with Crippen LogP contribution in [0.3, 0.4) is 0 Å². The number of halogens is 4. The molecule has 0 bridgehead atoms. The van der Waals surface area contributed by atoms with Crippen LogP contribution in [0.5, 0.6) is 0 Å². The first kappa shape index (κ1) is 16.9. The minimum absolute atomic E-state index is 0.149. The van der Waals surface area contributed by atoms with E-state index in [9.17, 15) is 18.0 Å². The lowest BCUT2D eigenvalue weighted by Gasteiger charge is -2.31. The van der Waals surface area contributed by atoms with Gasteiger partial charge in [0.2, 0.25) is 0 Å². The first-order chi connectivity index (χ1) is 9.28. The maximum atomic E-state index is 12.7. The Bertz CT molecular complexity index is 461. The summed E-state index contributed by atoms with van der Waals surface area (Å²) in [6.07, 6.45) is -0.724. The summed E-state index contributed by atoms with van der Waals surface area (Å²) in [4.78, 5) is 17.0. The maximum absolute atomic E-state index is 12.7. The van der Waals surface area contributed by atoms with Gasteiger partial charge in [0, 0.05) is 22.9 Å². The van der Waals surface area contributed by atoms with Gasteiger partial charge >= 0.3 is 6.18 Å². The van der Waals surface area contributed by atoms with Crippen molar-refractivity contribution in [1.82, 2.24) is 9.88 Å². The normalized spacial score (nSPS) is 11.8. The molecule has 0 aliphatic heterocycles. The Morgan fingerprint density at radius 1 is 1.35 bits per heavy atom. The molecule has 0 spiro atoms. The second-order valence-corrected chi connectivity index (χ2v) is 5.33. The molecule has 1 amide bonds. The van der Waals surface area contributed by atoms with Crippen LogP contribution in [0.15, 0.2) is 22.9 Å². The van der Waals surface area contributed by atoms with Crippen molar-refractivity contribution in [2.45, 2.75) is 38.9 Å². The summed E-state index contributed by atoms with van der Waals surface area (Å²) in [5, 5.41) is 0. The second-order valence-electron chi connectivity index (χ2n) is 4.41. The average molecular weight is 353 g/mol. The van der Waals surface area contributed by atoms with Crippen molar-refractivity contribution in [3.8, 4) is 0 Å². The maximum Gasteiger partial charge on any atom is 0.406 e. The summed E-state index contributed by atoms with van der Waals surface area (Å²) in [5.41, 5.74) is 0.149. The van der Waals surface area contributed by atoms with Gasteiger partial charge in [-0.15, -0.1) is 0 Å². The molecule has 7 heteroatoms. The SMILES string of the molecule is CCC(CC)N(CC(F)(F)F)C(=O)c1cncc(Br)c1. The lowest BCUT2D eigenvalue weighted by atomic mass is 10.1. The number of hydrogen-bond acceptors (Lipinski definition) is 2. The second kappa shape index (κ2) is 7.06. The van der Waals surface area contributed by atoms with Gasteiger partial charge in [-0.1, -0.05) is 13.8 Å². The number of carbonyl (C=O) groups is 1. The summed E-state index contributed by atoms with van der Waals surface area (Å²) in [6.45, 7) is 2.29. The van der Waals surface area contributed by atoms with Crippen LogP contribution in [0.25, 0.3) is 0 Å². The highest BCUT2D eigenvalue weighted by atomic mass is 79.9. The summed E-state index contributed by atoms with van der Waals surface area (Å²) in [7, 11) is 0. The van der Waals surface area contributed by atoms with Crippen LogP contribution < -0.4 is 0 Å². The van der Waals surface area contributed by atoms with E-state index >= 15 is 0 Å². The van der Waals surface area contributed by atoms with Crippen molar-refractivity contribution >= 4 is 21.8 Å². The smallest absolute Gasteiger partial charge is 0.327 e. The van der Waals surface area contributed by atoms with E-state index in [1.165, 1.54) is 18.5 Å². The number of hydrogen-bond donors (Lipinski definition) is 0. The van der Waals surface area contributed by atoms with Crippen LogP contribution in [0.2, 0.25) is 0 Å². The zero-order valence-electron chi connectivity index (χ0n) is 11.2. The molecule has 1 heterocycles. The van der Waals surface area contributed by atoms with E-state index in [2.05, 4.69) is 20.9 Å². The molecule has 0 fully saturated rings. The zero-order chi connectivity index (χ0) is 15.3. The first-order valence-corrected chi connectivity index (χ1v) is 7.06. The van der Waals surface area contributed by atoms with Crippen LogP contribution in [-0.2, 0) is 0 Å². The van der Waals surface area contributed by atoms with Gasteiger partial charge in [-0.25, -0.2) is 0 Å². The summed E-state index contributed by atoms with van der Waals surface area (Å²) in [6, 6.07) is 1.03. The van der Waals surface area contributed by atoms with Gasteiger partial charge in [0.05, 0.1) is 5.56 Å². The molecule has 0 aromatic carbocycles. The lowest BCUT2D eigenvalue weighted by molar-refractivity contribution is -0.144. The third-order valence-electron chi connectivity index (χ3n) is 2.95. The molecule has 20 heavy (non-hydrogen) atoms. The van der Waals surface area contributed by atoms with Gasteiger partial charge in [-0.3, -0.25) is 9.78 Å². The van der Waals surface area contributed by atoms with E-state index in [1.807, 2.05) is 0 Å². The van der Waals surface area contributed by atoms with E-state index in [0.717, 1.165) is 4.90 Å². The molecule has 1 rings (SSSR count). The van der Waals surface area contributed by atoms with Crippen molar-refractivity contribution in [3.05, 3.63) is 28.5 Å². The average Bonchev–Trinajstić information content (AvgIpc) is 2.36. The molecule has 0 aliphatic rings.